The van der Waals surface area contributed by atoms with E-state index in [1.54, 1.807) is 6.92 Å². The number of carbonyl (C=O) groups excluding carboxylic acids is 1. The van der Waals surface area contributed by atoms with Crippen molar-refractivity contribution in [3.05, 3.63) is 71.4 Å². The van der Waals surface area contributed by atoms with E-state index >= 15 is 0 Å². The number of aryl methyl sites for hydroxylation is 1. The molecule has 0 saturated carbocycles. The Morgan fingerprint density at radius 1 is 1.05 bits per heavy atom. The highest BCUT2D eigenvalue weighted by Gasteiger charge is 2.11. The summed E-state index contributed by atoms with van der Waals surface area (Å²) >= 11 is 0. The molecule has 2 heteroatoms. The summed E-state index contributed by atoms with van der Waals surface area (Å²) < 4.78 is 2.16. The van der Waals surface area contributed by atoms with Gasteiger partial charge in [0.25, 0.3) is 0 Å². The Morgan fingerprint density at radius 2 is 1.75 bits per heavy atom. The van der Waals surface area contributed by atoms with E-state index in [9.17, 15) is 4.79 Å². The second-order valence-corrected chi connectivity index (χ2v) is 5.17. The Morgan fingerprint density at radius 3 is 2.50 bits per heavy atom. The molecule has 3 rings (SSSR count). The normalized spacial score (nSPS) is 10.9. The molecule has 0 aliphatic carbocycles. The van der Waals surface area contributed by atoms with E-state index < -0.39 is 0 Å². The van der Waals surface area contributed by atoms with E-state index in [4.69, 9.17) is 0 Å². The molecule has 0 atom stereocenters. The van der Waals surface area contributed by atoms with Gasteiger partial charge < -0.3 is 4.57 Å². The van der Waals surface area contributed by atoms with Crippen molar-refractivity contribution in [2.24, 2.45) is 0 Å². The molecule has 3 aromatic rings. The summed E-state index contributed by atoms with van der Waals surface area (Å²) in [7, 11) is 0. The van der Waals surface area contributed by atoms with Gasteiger partial charge >= 0.3 is 0 Å². The van der Waals surface area contributed by atoms with Gasteiger partial charge in [-0.2, -0.15) is 0 Å². The minimum Gasteiger partial charge on any atom is -0.342 e. The first kappa shape index (κ1) is 12.7. The fourth-order valence-electron chi connectivity index (χ4n) is 2.63. The molecule has 100 valence electrons. The smallest absolute Gasteiger partial charge is 0.161 e. The predicted octanol–water partition coefficient (Wildman–Crippen LogP) is 4.20. The Labute approximate surface area is 118 Å². The van der Waals surface area contributed by atoms with E-state index in [0.717, 1.165) is 23.0 Å². The predicted molar refractivity (Wildman–Crippen MR) is 82.2 cm³/mol. The van der Waals surface area contributed by atoms with Crippen molar-refractivity contribution < 1.29 is 4.79 Å². The van der Waals surface area contributed by atoms with Gasteiger partial charge in [-0.05, 0) is 31.0 Å². The van der Waals surface area contributed by atoms with Crippen LogP contribution in [0.5, 0.6) is 0 Å². The maximum atomic E-state index is 11.8. The maximum absolute atomic E-state index is 11.8. The lowest BCUT2D eigenvalue weighted by Crippen LogP contribution is -2.00. The summed E-state index contributed by atoms with van der Waals surface area (Å²) in [5.74, 6) is 0.115. The van der Waals surface area contributed by atoms with Crippen LogP contribution in [0, 0.1) is 6.92 Å². The minimum atomic E-state index is 0.115. The van der Waals surface area contributed by atoms with Crippen LogP contribution in [0.15, 0.2) is 54.7 Å². The van der Waals surface area contributed by atoms with Crippen LogP contribution in [-0.2, 0) is 6.54 Å². The van der Waals surface area contributed by atoms with E-state index in [-0.39, 0.29) is 5.78 Å². The first-order valence-electron chi connectivity index (χ1n) is 6.80. The molecule has 0 saturated heterocycles. The van der Waals surface area contributed by atoms with Crippen molar-refractivity contribution >= 4 is 16.7 Å². The summed E-state index contributed by atoms with van der Waals surface area (Å²) in [6.07, 6.45) is 1.97. The van der Waals surface area contributed by atoms with Crippen LogP contribution in [0.3, 0.4) is 0 Å². The van der Waals surface area contributed by atoms with Gasteiger partial charge in [-0.3, -0.25) is 4.79 Å². The molecule has 2 nitrogen and oxygen atoms in total. The zero-order valence-electron chi connectivity index (χ0n) is 11.8. The highest BCUT2D eigenvalue weighted by Crippen LogP contribution is 2.23. The fraction of sp³-hybridized carbons (Fsp3) is 0.167. The third-order valence-corrected chi connectivity index (χ3v) is 3.77. The lowest BCUT2D eigenvalue weighted by Gasteiger charge is -2.08. The molecule has 0 unspecified atom stereocenters. The van der Waals surface area contributed by atoms with Gasteiger partial charge in [-0.15, -0.1) is 0 Å². The van der Waals surface area contributed by atoms with Crippen LogP contribution in [0.2, 0.25) is 0 Å². The van der Waals surface area contributed by atoms with E-state index in [1.165, 1.54) is 11.1 Å². The Kier molecular flexibility index (Phi) is 3.15. The van der Waals surface area contributed by atoms with Gasteiger partial charge in [-0.1, -0.05) is 42.5 Å². The Balaban J connectivity index is 2.13. The van der Waals surface area contributed by atoms with Crippen molar-refractivity contribution in [2.45, 2.75) is 20.4 Å². The minimum absolute atomic E-state index is 0.115. The van der Waals surface area contributed by atoms with Crippen molar-refractivity contribution in [1.29, 1.82) is 0 Å². The van der Waals surface area contributed by atoms with Gasteiger partial charge in [0.15, 0.2) is 5.78 Å². The number of aromatic nitrogens is 1. The number of carbonyl (C=O) groups is 1. The van der Waals surface area contributed by atoms with Gasteiger partial charge in [-0.25, -0.2) is 0 Å². The van der Waals surface area contributed by atoms with Crippen LogP contribution in [0.1, 0.15) is 28.4 Å². The third kappa shape index (κ3) is 2.14. The van der Waals surface area contributed by atoms with Gasteiger partial charge in [0, 0.05) is 29.2 Å². The lowest BCUT2D eigenvalue weighted by atomic mass is 10.1. The number of nitrogens with zero attached hydrogens (tertiary/aromatic N) is 1. The van der Waals surface area contributed by atoms with Crippen LogP contribution in [-0.4, -0.2) is 10.4 Å². The van der Waals surface area contributed by atoms with Crippen LogP contribution in [0.4, 0.5) is 0 Å². The molecule has 1 aromatic heterocycles. The topological polar surface area (TPSA) is 22.0 Å². The average Bonchev–Trinajstić information content (AvgIpc) is 2.81. The molecule has 0 N–H and O–H groups in total. The summed E-state index contributed by atoms with van der Waals surface area (Å²) in [4.78, 5) is 11.8. The third-order valence-electron chi connectivity index (χ3n) is 3.77. The largest absolute Gasteiger partial charge is 0.342 e. The molecule has 0 radical (unpaired) electrons. The van der Waals surface area contributed by atoms with Crippen molar-refractivity contribution in [3.63, 3.8) is 0 Å². The number of rotatable bonds is 3. The lowest BCUT2D eigenvalue weighted by molar-refractivity contribution is 0.101. The highest BCUT2D eigenvalue weighted by atomic mass is 16.1. The first-order chi connectivity index (χ1) is 9.66. The van der Waals surface area contributed by atoms with Crippen LogP contribution >= 0.6 is 0 Å². The second kappa shape index (κ2) is 4.97. The Hall–Kier alpha value is -2.35. The van der Waals surface area contributed by atoms with Gasteiger partial charge in [0.05, 0.1) is 0 Å². The van der Waals surface area contributed by atoms with E-state index in [2.05, 4.69) is 35.8 Å². The van der Waals surface area contributed by atoms with Crippen molar-refractivity contribution in [2.75, 3.05) is 0 Å². The fourth-order valence-corrected chi connectivity index (χ4v) is 2.63. The van der Waals surface area contributed by atoms with Crippen molar-refractivity contribution in [3.8, 4) is 0 Å². The SMILES string of the molecule is CC(=O)c1cn(Cc2ccccc2C)c2ccccc12. The van der Waals surface area contributed by atoms with E-state index in [0.29, 0.717) is 0 Å². The highest BCUT2D eigenvalue weighted by molar-refractivity contribution is 6.06. The molecule has 0 fully saturated rings. The summed E-state index contributed by atoms with van der Waals surface area (Å²) in [5, 5.41) is 1.04. The standard InChI is InChI=1S/C18H17NO/c1-13-7-3-4-8-15(13)11-19-12-17(14(2)20)16-9-5-6-10-18(16)19/h3-10,12H,11H2,1-2H3. The molecule has 0 aliphatic heterocycles. The maximum Gasteiger partial charge on any atom is 0.161 e. The molecule has 0 amide bonds. The number of fused-ring (bicyclic) bond motifs is 1. The average molecular weight is 263 g/mol. The monoisotopic (exact) mass is 263 g/mol. The number of hydrogen-bond donors (Lipinski definition) is 0. The summed E-state index contributed by atoms with van der Waals surface area (Å²) in [6, 6.07) is 16.4. The second-order valence-electron chi connectivity index (χ2n) is 5.17. The molecule has 20 heavy (non-hydrogen) atoms. The zero-order valence-corrected chi connectivity index (χ0v) is 11.8. The number of para-hydroxylation sites is 1. The van der Waals surface area contributed by atoms with Crippen LogP contribution < -0.4 is 0 Å². The van der Waals surface area contributed by atoms with Gasteiger partial charge in [0.2, 0.25) is 0 Å². The quantitative estimate of drug-likeness (QED) is 0.649. The van der Waals surface area contributed by atoms with Crippen molar-refractivity contribution in [1.82, 2.24) is 4.57 Å². The van der Waals surface area contributed by atoms with E-state index in [1.807, 2.05) is 30.5 Å². The number of ketones is 1. The molecule has 2 aromatic carbocycles. The summed E-state index contributed by atoms with van der Waals surface area (Å²) in [6.45, 7) is 4.53. The number of Topliss-reactive ketones (excluding diaryl/α,β-unsaturated/α-hetero) is 1. The number of hydrogen-bond acceptors (Lipinski definition) is 1. The summed E-state index contributed by atoms with van der Waals surface area (Å²) in [5.41, 5.74) is 4.47. The number of benzene rings is 2. The molecule has 1 heterocycles. The molecule has 0 spiro atoms. The Bertz CT molecular complexity index is 783. The molecule has 0 bridgehead atoms. The first-order valence-corrected chi connectivity index (χ1v) is 6.80. The van der Waals surface area contributed by atoms with Crippen LogP contribution in [0.25, 0.3) is 10.9 Å². The van der Waals surface area contributed by atoms with Gasteiger partial charge in [0.1, 0.15) is 0 Å². The zero-order chi connectivity index (χ0) is 14.1. The molecule has 0 aliphatic rings. The molecular formula is C18H17NO. The molecular weight excluding hydrogens is 246 g/mol.